The average Bonchev–Trinajstić information content (AvgIpc) is 3.07. The fourth-order valence-electron chi connectivity index (χ4n) is 4.39. The number of hydrogen-bond donors (Lipinski definition) is 1. The van der Waals surface area contributed by atoms with E-state index in [4.69, 9.17) is 0 Å². The van der Waals surface area contributed by atoms with E-state index in [1.807, 2.05) is 49.5 Å². The summed E-state index contributed by atoms with van der Waals surface area (Å²) in [5.74, 6) is -0.268. The number of nitrogens with one attached hydrogen (secondary N) is 1. The quantitative estimate of drug-likeness (QED) is 0.613. The molecule has 5 nitrogen and oxygen atoms in total. The van der Waals surface area contributed by atoms with Gasteiger partial charge < -0.3 is 4.55 Å². The Morgan fingerprint density at radius 1 is 1.20 bits per heavy atom. The molecule has 0 amide bonds. The Morgan fingerprint density at radius 2 is 1.97 bits per heavy atom. The van der Waals surface area contributed by atoms with Gasteiger partial charge in [-0.3, -0.25) is 9.13 Å². The fourth-order valence-corrected chi connectivity index (χ4v) is 5.09. The minimum Gasteiger partial charge on any atom is -0.598 e. The van der Waals surface area contributed by atoms with E-state index in [0.29, 0.717) is 24.1 Å². The van der Waals surface area contributed by atoms with E-state index in [2.05, 4.69) is 4.72 Å². The van der Waals surface area contributed by atoms with Gasteiger partial charge in [0.1, 0.15) is 12.1 Å². The molecule has 0 radical (unpaired) electrons. The van der Waals surface area contributed by atoms with Gasteiger partial charge in [-0.25, -0.2) is 9.18 Å². The first-order chi connectivity index (χ1) is 14.5. The predicted octanol–water partition coefficient (Wildman–Crippen LogP) is 3.46. The van der Waals surface area contributed by atoms with Crippen molar-refractivity contribution in [2.45, 2.75) is 44.8 Å². The Balaban J connectivity index is 1.75. The zero-order valence-electron chi connectivity index (χ0n) is 17.2. The molecule has 1 aromatic heterocycles. The van der Waals surface area contributed by atoms with Gasteiger partial charge in [0.2, 0.25) is 0 Å². The van der Waals surface area contributed by atoms with Crippen molar-refractivity contribution in [2.75, 3.05) is 6.26 Å². The Bertz CT molecular complexity index is 1080. The highest BCUT2D eigenvalue weighted by Crippen LogP contribution is 2.31. The molecule has 0 saturated carbocycles. The van der Waals surface area contributed by atoms with E-state index in [0.717, 1.165) is 24.1 Å². The molecule has 3 unspecified atom stereocenters. The molecule has 2 heterocycles. The average molecular weight is 428 g/mol. The van der Waals surface area contributed by atoms with Crippen molar-refractivity contribution in [2.24, 2.45) is 0 Å². The summed E-state index contributed by atoms with van der Waals surface area (Å²) in [4.78, 5) is 13.0. The lowest BCUT2D eigenvalue weighted by Crippen LogP contribution is -2.47. The van der Waals surface area contributed by atoms with E-state index in [9.17, 15) is 9.35 Å². The molecular formula is C23H26FN3O2S. The third-order valence-corrected chi connectivity index (χ3v) is 6.46. The van der Waals surface area contributed by atoms with Gasteiger partial charge in [-0.15, -0.1) is 4.72 Å². The minimum absolute atomic E-state index is 0.0921. The van der Waals surface area contributed by atoms with Crippen molar-refractivity contribution in [3.05, 3.63) is 82.3 Å². The lowest BCUT2D eigenvalue weighted by Gasteiger charge is -2.33. The molecule has 30 heavy (non-hydrogen) atoms. The molecule has 0 fully saturated rings. The molecule has 1 aliphatic rings. The molecule has 158 valence electrons. The normalized spacial score (nSPS) is 19.5. The zero-order valence-corrected chi connectivity index (χ0v) is 18.0. The van der Waals surface area contributed by atoms with Crippen molar-refractivity contribution in [3.63, 3.8) is 0 Å². The number of aromatic nitrogens is 2. The Morgan fingerprint density at radius 3 is 2.67 bits per heavy atom. The summed E-state index contributed by atoms with van der Waals surface area (Å²) >= 11 is -1.23. The van der Waals surface area contributed by atoms with E-state index in [1.54, 1.807) is 27.5 Å². The zero-order chi connectivity index (χ0) is 21.3. The number of benzene rings is 2. The molecule has 7 heteroatoms. The predicted molar refractivity (Wildman–Crippen MR) is 118 cm³/mol. The summed E-state index contributed by atoms with van der Waals surface area (Å²) in [6.07, 6.45) is 5.30. The van der Waals surface area contributed by atoms with Crippen LogP contribution in [-0.2, 0) is 30.7 Å². The monoisotopic (exact) mass is 427 g/mol. The van der Waals surface area contributed by atoms with Gasteiger partial charge in [0.25, 0.3) is 0 Å². The second-order valence-electron chi connectivity index (χ2n) is 7.69. The van der Waals surface area contributed by atoms with Crippen LogP contribution in [0.3, 0.4) is 0 Å². The van der Waals surface area contributed by atoms with Gasteiger partial charge in [0.15, 0.2) is 0 Å². The van der Waals surface area contributed by atoms with Crippen molar-refractivity contribution in [1.82, 2.24) is 13.9 Å². The van der Waals surface area contributed by atoms with E-state index in [-0.39, 0.29) is 23.6 Å². The molecule has 0 spiro atoms. The van der Waals surface area contributed by atoms with E-state index < -0.39 is 11.4 Å². The van der Waals surface area contributed by atoms with Gasteiger partial charge in [-0.05, 0) is 37.3 Å². The molecule has 1 N–H and O–H groups in total. The van der Waals surface area contributed by atoms with Crippen LogP contribution in [0, 0.1) is 5.82 Å². The van der Waals surface area contributed by atoms with Crippen LogP contribution in [0.1, 0.15) is 30.6 Å². The van der Waals surface area contributed by atoms with Crippen LogP contribution in [0.2, 0.25) is 0 Å². The molecule has 3 aromatic rings. The molecule has 0 aliphatic carbocycles. The second kappa shape index (κ2) is 8.79. The number of nitrogens with zero attached hydrogens (tertiary/aromatic N) is 2. The Hall–Kier alpha value is -2.35. The smallest absolute Gasteiger partial charge is 0.328 e. The number of aryl methyl sites for hydroxylation is 2. The molecule has 3 atom stereocenters. The summed E-state index contributed by atoms with van der Waals surface area (Å²) < 4.78 is 33.9. The van der Waals surface area contributed by atoms with E-state index in [1.165, 1.54) is 0 Å². The molecular weight excluding hydrogens is 401 g/mol. The maximum Gasteiger partial charge on any atom is 0.328 e. The largest absolute Gasteiger partial charge is 0.598 e. The highest BCUT2D eigenvalue weighted by Gasteiger charge is 2.34. The van der Waals surface area contributed by atoms with Gasteiger partial charge in [-0.1, -0.05) is 48.5 Å². The van der Waals surface area contributed by atoms with Crippen LogP contribution in [0.5, 0.6) is 0 Å². The third-order valence-electron chi connectivity index (χ3n) is 5.82. The first-order valence-corrected chi connectivity index (χ1v) is 11.8. The lowest BCUT2D eigenvalue weighted by atomic mass is 9.91. The van der Waals surface area contributed by atoms with Crippen LogP contribution in [-0.4, -0.2) is 26.0 Å². The summed E-state index contributed by atoms with van der Waals surface area (Å²) in [6.45, 7) is 2.52. The van der Waals surface area contributed by atoms with Gasteiger partial charge in [0.05, 0.1) is 12.1 Å². The highest BCUT2D eigenvalue weighted by molar-refractivity contribution is 7.88. The lowest BCUT2D eigenvalue weighted by molar-refractivity contribution is 0.314. The number of fused-ring (bicyclic) bond motifs is 1. The van der Waals surface area contributed by atoms with Gasteiger partial charge in [0, 0.05) is 35.4 Å². The van der Waals surface area contributed by atoms with Crippen molar-refractivity contribution in [1.29, 1.82) is 0 Å². The van der Waals surface area contributed by atoms with Crippen molar-refractivity contribution in [3.8, 4) is 11.1 Å². The minimum atomic E-state index is -1.23. The first-order valence-electron chi connectivity index (χ1n) is 10.2. The van der Waals surface area contributed by atoms with Crippen LogP contribution >= 0.6 is 0 Å². The molecule has 1 aliphatic heterocycles. The van der Waals surface area contributed by atoms with E-state index >= 15 is 4.39 Å². The number of hydrogen-bond acceptors (Lipinski definition) is 3. The van der Waals surface area contributed by atoms with Crippen molar-refractivity contribution >= 4 is 11.4 Å². The van der Waals surface area contributed by atoms with Crippen LogP contribution < -0.4 is 10.4 Å². The van der Waals surface area contributed by atoms with Crippen LogP contribution in [0.25, 0.3) is 11.1 Å². The second-order valence-corrected chi connectivity index (χ2v) is 8.84. The molecule has 4 rings (SSSR count). The summed E-state index contributed by atoms with van der Waals surface area (Å²) in [5.41, 5.74) is 2.78. The highest BCUT2D eigenvalue weighted by atomic mass is 32.2. The standard InChI is InChI=1S/C23H26FN3O2S/c1-3-26-15-18-12-13-20(25-30(2)29)21(27(18)23(26)28)14-17-10-7-11-19(22(17)24)16-8-5-4-6-9-16/h4-11,15,20-21,25H,3,12-14H2,1-2H3. The molecule has 0 saturated heterocycles. The van der Waals surface area contributed by atoms with Crippen LogP contribution in [0.15, 0.2) is 59.5 Å². The SMILES string of the molecule is CCn1cc2n(c1=O)C(Cc1cccc(-c3ccccc3)c1F)C(N[S+](C)[O-])CC2. The summed E-state index contributed by atoms with van der Waals surface area (Å²) in [5, 5.41) is 0. The Labute approximate surface area is 178 Å². The Kier molecular flexibility index (Phi) is 6.13. The first kappa shape index (κ1) is 20.9. The van der Waals surface area contributed by atoms with Crippen LogP contribution in [0.4, 0.5) is 4.39 Å². The fraction of sp³-hybridized carbons (Fsp3) is 0.348. The number of rotatable bonds is 6. The van der Waals surface area contributed by atoms with Gasteiger partial charge >= 0.3 is 5.69 Å². The molecule has 0 bridgehead atoms. The third kappa shape index (κ3) is 3.97. The summed E-state index contributed by atoms with van der Waals surface area (Å²) in [7, 11) is 0. The number of halogens is 1. The molecule has 2 aromatic carbocycles. The maximum absolute atomic E-state index is 15.5. The summed E-state index contributed by atoms with van der Waals surface area (Å²) in [6, 6.07) is 14.4. The topological polar surface area (TPSA) is 62.0 Å². The van der Waals surface area contributed by atoms with Crippen molar-refractivity contribution < 1.29 is 8.94 Å². The number of imidazole rings is 1. The van der Waals surface area contributed by atoms with Gasteiger partial charge in [-0.2, -0.15) is 0 Å². The maximum atomic E-state index is 15.5.